The van der Waals surface area contributed by atoms with Crippen LogP contribution in [0.25, 0.3) is 10.9 Å². The van der Waals surface area contributed by atoms with E-state index in [1.54, 1.807) is 12.4 Å². The van der Waals surface area contributed by atoms with E-state index in [1.807, 2.05) is 36.5 Å². The second kappa shape index (κ2) is 9.49. The van der Waals surface area contributed by atoms with Crippen molar-refractivity contribution in [3.05, 3.63) is 54.5 Å². The van der Waals surface area contributed by atoms with Crippen molar-refractivity contribution in [3.63, 3.8) is 0 Å². The third-order valence-corrected chi connectivity index (χ3v) is 5.27. The van der Waals surface area contributed by atoms with Crippen LogP contribution < -0.4 is 16.0 Å². The van der Waals surface area contributed by atoms with Crippen LogP contribution in [0.1, 0.15) is 31.4 Å². The maximum absolute atomic E-state index is 12.2. The molecule has 1 aliphatic heterocycles. The minimum absolute atomic E-state index is 0.103. The van der Waals surface area contributed by atoms with Crippen molar-refractivity contribution in [2.75, 3.05) is 30.4 Å². The van der Waals surface area contributed by atoms with E-state index in [4.69, 9.17) is 4.74 Å². The number of carbonyl (C=O) groups excluding carboxylic acids is 1. The van der Waals surface area contributed by atoms with Gasteiger partial charge in [0.25, 0.3) is 0 Å². The van der Waals surface area contributed by atoms with E-state index in [2.05, 4.69) is 37.8 Å². The number of hydrogen-bond acceptors (Lipinski definition) is 6. The number of carbonyl (C=O) groups is 1. The van der Waals surface area contributed by atoms with Gasteiger partial charge in [-0.1, -0.05) is 6.07 Å². The summed E-state index contributed by atoms with van der Waals surface area (Å²) in [5.41, 5.74) is 2.80. The fourth-order valence-electron chi connectivity index (χ4n) is 3.47. The number of amides is 2. The molecule has 30 heavy (non-hydrogen) atoms. The van der Waals surface area contributed by atoms with Gasteiger partial charge < -0.3 is 15.4 Å². The van der Waals surface area contributed by atoms with Crippen molar-refractivity contribution in [1.29, 1.82) is 0 Å². The fourth-order valence-corrected chi connectivity index (χ4v) is 3.47. The van der Waals surface area contributed by atoms with Gasteiger partial charge in [0.1, 0.15) is 0 Å². The van der Waals surface area contributed by atoms with E-state index in [1.165, 1.54) is 0 Å². The minimum atomic E-state index is -0.291. The monoisotopic (exact) mass is 406 g/mol. The lowest BCUT2D eigenvalue weighted by atomic mass is 10.0. The fraction of sp³-hybridized carbons (Fsp3) is 0.364. The quantitative estimate of drug-likeness (QED) is 0.576. The molecule has 1 aromatic carbocycles. The molecule has 2 aromatic heterocycles. The summed E-state index contributed by atoms with van der Waals surface area (Å²) in [5, 5.41) is 9.99. The van der Waals surface area contributed by atoms with Gasteiger partial charge in [-0.3, -0.25) is 10.3 Å². The number of nitrogens with one attached hydrogen (secondary N) is 3. The van der Waals surface area contributed by atoms with Crippen molar-refractivity contribution >= 4 is 28.6 Å². The van der Waals surface area contributed by atoms with Crippen LogP contribution in [0.3, 0.4) is 0 Å². The Labute approximate surface area is 175 Å². The highest BCUT2D eigenvalue weighted by atomic mass is 16.5. The Morgan fingerprint density at radius 2 is 2.10 bits per heavy atom. The van der Waals surface area contributed by atoms with Gasteiger partial charge in [0.05, 0.1) is 11.6 Å². The normalized spacial score (nSPS) is 15.5. The Balaban J connectivity index is 1.39. The number of ether oxygens (including phenoxy) is 1. The van der Waals surface area contributed by atoms with Crippen LogP contribution in [0.15, 0.2) is 48.9 Å². The molecule has 8 heteroatoms. The summed E-state index contributed by atoms with van der Waals surface area (Å²) < 4.78 is 5.35. The summed E-state index contributed by atoms with van der Waals surface area (Å²) >= 11 is 0. The van der Waals surface area contributed by atoms with Crippen LogP contribution in [0, 0.1) is 5.92 Å². The van der Waals surface area contributed by atoms with Crippen LogP contribution in [-0.2, 0) is 4.74 Å². The Kier molecular flexibility index (Phi) is 6.34. The predicted molar refractivity (Wildman–Crippen MR) is 116 cm³/mol. The number of pyridine rings is 1. The maximum Gasteiger partial charge on any atom is 0.321 e. The Morgan fingerprint density at radius 1 is 1.23 bits per heavy atom. The van der Waals surface area contributed by atoms with Gasteiger partial charge in [0, 0.05) is 49.4 Å². The van der Waals surface area contributed by atoms with E-state index in [0.29, 0.717) is 12.5 Å². The first-order valence-electron chi connectivity index (χ1n) is 10.2. The summed E-state index contributed by atoms with van der Waals surface area (Å²) in [4.78, 5) is 25.1. The van der Waals surface area contributed by atoms with E-state index >= 15 is 0 Å². The smallest absolute Gasteiger partial charge is 0.321 e. The molecule has 3 aromatic rings. The Morgan fingerprint density at radius 3 is 2.90 bits per heavy atom. The third-order valence-electron chi connectivity index (χ3n) is 5.27. The van der Waals surface area contributed by atoms with Gasteiger partial charge in [-0.15, -0.1) is 0 Å². The molecule has 156 valence electrons. The highest BCUT2D eigenvalue weighted by Gasteiger charge is 2.15. The van der Waals surface area contributed by atoms with Gasteiger partial charge in [-0.05, 0) is 55.5 Å². The molecule has 1 atom stereocenters. The van der Waals surface area contributed by atoms with E-state index in [0.717, 1.165) is 48.2 Å². The molecule has 1 aliphatic rings. The average Bonchev–Trinajstić information content (AvgIpc) is 2.79. The van der Waals surface area contributed by atoms with Crippen molar-refractivity contribution in [1.82, 2.24) is 20.3 Å². The number of anilines is 2. The molecule has 3 heterocycles. The molecule has 2 amide bonds. The molecule has 1 saturated heterocycles. The number of benzene rings is 1. The molecule has 8 nitrogen and oxygen atoms in total. The number of aromatic nitrogens is 3. The van der Waals surface area contributed by atoms with Crippen molar-refractivity contribution in [2.45, 2.75) is 25.8 Å². The summed E-state index contributed by atoms with van der Waals surface area (Å²) in [7, 11) is 0. The average molecular weight is 406 g/mol. The van der Waals surface area contributed by atoms with Crippen LogP contribution in [0.2, 0.25) is 0 Å². The first-order chi connectivity index (χ1) is 14.7. The minimum Gasteiger partial charge on any atom is -0.381 e. The second-order valence-corrected chi connectivity index (χ2v) is 7.51. The lowest BCUT2D eigenvalue weighted by molar-refractivity contribution is 0.0671. The van der Waals surface area contributed by atoms with Crippen molar-refractivity contribution < 1.29 is 9.53 Å². The van der Waals surface area contributed by atoms with Crippen molar-refractivity contribution in [2.24, 2.45) is 5.92 Å². The number of urea groups is 1. The van der Waals surface area contributed by atoms with Gasteiger partial charge in [-0.2, -0.15) is 0 Å². The zero-order valence-electron chi connectivity index (χ0n) is 17.0. The van der Waals surface area contributed by atoms with Gasteiger partial charge in [0.2, 0.25) is 5.95 Å². The third kappa shape index (κ3) is 5.21. The SMILES string of the molecule is CC(Nc1ccc2cnc(NC(=O)NCC3CCOCC3)nc2c1)c1cccnc1. The number of rotatable bonds is 6. The first-order valence-corrected chi connectivity index (χ1v) is 10.2. The summed E-state index contributed by atoms with van der Waals surface area (Å²) in [6.07, 6.45) is 7.27. The van der Waals surface area contributed by atoms with Crippen LogP contribution in [0.5, 0.6) is 0 Å². The summed E-state index contributed by atoms with van der Waals surface area (Å²) in [6.45, 7) is 4.23. The van der Waals surface area contributed by atoms with Crippen LogP contribution >= 0.6 is 0 Å². The Bertz CT molecular complexity index is 991. The van der Waals surface area contributed by atoms with Gasteiger partial charge in [-0.25, -0.2) is 14.8 Å². The Hall–Kier alpha value is -3.26. The first kappa shape index (κ1) is 20.0. The van der Waals surface area contributed by atoms with Crippen LogP contribution in [0.4, 0.5) is 16.4 Å². The number of hydrogen-bond donors (Lipinski definition) is 3. The zero-order valence-corrected chi connectivity index (χ0v) is 17.0. The molecule has 0 bridgehead atoms. The lowest BCUT2D eigenvalue weighted by Gasteiger charge is -2.22. The number of nitrogens with zero attached hydrogens (tertiary/aromatic N) is 3. The summed E-state index contributed by atoms with van der Waals surface area (Å²) in [5.74, 6) is 0.738. The summed E-state index contributed by atoms with van der Waals surface area (Å²) in [6, 6.07) is 9.68. The molecule has 0 spiro atoms. The number of fused-ring (bicyclic) bond motifs is 1. The van der Waals surface area contributed by atoms with E-state index in [9.17, 15) is 4.79 Å². The molecule has 0 saturated carbocycles. The highest BCUT2D eigenvalue weighted by molar-refractivity contribution is 5.89. The molecule has 3 N–H and O–H groups in total. The predicted octanol–water partition coefficient (Wildman–Crippen LogP) is 3.75. The molecule has 1 fully saturated rings. The molecule has 1 unspecified atom stereocenters. The van der Waals surface area contributed by atoms with Gasteiger partial charge in [0.15, 0.2) is 0 Å². The topological polar surface area (TPSA) is 101 Å². The second-order valence-electron chi connectivity index (χ2n) is 7.51. The maximum atomic E-state index is 12.2. The molecule has 4 rings (SSSR count). The van der Waals surface area contributed by atoms with Crippen LogP contribution in [-0.4, -0.2) is 40.7 Å². The highest BCUT2D eigenvalue weighted by Crippen LogP contribution is 2.22. The largest absolute Gasteiger partial charge is 0.381 e. The molecule has 0 aliphatic carbocycles. The van der Waals surface area contributed by atoms with E-state index < -0.39 is 0 Å². The molecular weight excluding hydrogens is 380 g/mol. The van der Waals surface area contributed by atoms with Gasteiger partial charge >= 0.3 is 6.03 Å². The molecule has 0 radical (unpaired) electrons. The van der Waals surface area contributed by atoms with E-state index in [-0.39, 0.29) is 18.0 Å². The van der Waals surface area contributed by atoms with Crippen molar-refractivity contribution in [3.8, 4) is 0 Å². The standard InChI is InChI=1S/C22H26N6O2/c1-15(17-3-2-8-23-13-17)26-19-5-4-18-14-24-21(27-20(18)11-19)28-22(29)25-12-16-6-9-30-10-7-16/h2-5,8,11,13-16,26H,6-7,9-10,12H2,1H3,(H2,24,25,27,28,29). The lowest BCUT2D eigenvalue weighted by Crippen LogP contribution is -2.35. The zero-order chi connectivity index (χ0) is 20.8. The molecular formula is C22H26N6O2.